The van der Waals surface area contributed by atoms with Gasteiger partial charge in [0, 0.05) is 12.1 Å². The Kier molecular flexibility index (Phi) is 6.98. The summed E-state index contributed by atoms with van der Waals surface area (Å²) in [7, 11) is 4.07. The van der Waals surface area contributed by atoms with E-state index in [0.29, 0.717) is 16.6 Å². The van der Waals surface area contributed by atoms with Gasteiger partial charge in [0.2, 0.25) is 5.78 Å². The molecule has 0 aliphatic heterocycles. The van der Waals surface area contributed by atoms with Crippen LogP contribution in [0.3, 0.4) is 0 Å². The van der Waals surface area contributed by atoms with Gasteiger partial charge in [0.25, 0.3) is 0 Å². The highest BCUT2D eigenvalue weighted by atomic mass is 35.5. The molecule has 0 aliphatic carbocycles. The third-order valence-electron chi connectivity index (χ3n) is 3.19. The maximum Gasteiger partial charge on any atom is 0.219 e. The number of nitrogens with two attached hydrogens (primary N) is 1. The van der Waals surface area contributed by atoms with Gasteiger partial charge >= 0.3 is 0 Å². The molecular weight excluding hydrogens is 260 g/mol. The molecule has 0 saturated heterocycles. The van der Waals surface area contributed by atoms with Crippen molar-refractivity contribution < 1.29 is 21.7 Å². The molecule has 1 aromatic carbocycles. The van der Waals surface area contributed by atoms with Crippen molar-refractivity contribution in [3.63, 3.8) is 0 Å². The average molecular weight is 283 g/mol. The van der Waals surface area contributed by atoms with E-state index in [1.807, 2.05) is 44.4 Å². The molecule has 0 aliphatic rings. The van der Waals surface area contributed by atoms with Crippen LogP contribution < -0.4 is 18.1 Å². The van der Waals surface area contributed by atoms with Crippen LogP contribution in [-0.4, -0.2) is 37.5 Å². The first-order valence-electron chi connectivity index (χ1n) is 6.17. The number of carbonyl (C=O) groups is 1. The first-order valence-corrected chi connectivity index (χ1v) is 6.17. The number of likely N-dealkylation sites (N-methyl/N-ethyl adjacent to an activating group) is 1. The third-order valence-corrected chi connectivity index (χ3v) is 3.19. The zero-order valence-corrected chi connectivity index (χ0v) is 12.7. The molecule has 1 unspecified atom stereocenters. The summed E-state index contributed by atoms with van der Waals surface area (Å²) in [5, 5.41) is 0. The highest BCUT2D eigenvalue weighted by molar-refractivity contribution is 5.98. The Bertz CT molecular complexity index is 429. The van der Waals surface area contributed by atoms with Crippen LogP contribution in [0.5, 0.6) is 0 Å². The Morgan fingerprint density at radius 3 is 2.26 bits per heavy atom. The summed E-state index contributed by atoms with van der Waals surface area (Å²) in [5.74, 6) is 0.0830. The molecule has 19 heavy (non-hydrogen) atoms. The van der Waals surface area contributed by atoms with Crippen molar-refractivity contribution in [2.75, 3.05) is 27.2 Å². The molecule has 3 nitrogen and oxygen atoms in total. The van der Waals surface area contributed by atoms with E-state index in [2.05, 4.69) is 6.58 Å². The second-order valence-corrected chi connectivity index (χ2v) is 5.25. The van der Waals surface area contributed by atoms with E-state index in [4.69, 9.17) is 5.73 Å². The van der Waals surface area contributed by atoms with Gasteiger partial charge in [0.1, 0.15) is 0 Å². The van der Waals surface area contributed by atoms with Gasteiger partial charge in [-0.1, -0.05) is 36.9 Å². The Balaban J connectivity index is 0.00000324. The van der Waals surface area contributed by atoms with E-state index in [1.165, 1.54) is 0 Å². The van der Waals surface area contributed by atoms with Crippen LogP contribution in [-0.2, 0) is 4.79 Å². The van der Waals surface area contributed by atoms with Crippen LogP contribution in [0.4, 0.5) is 0 Å². The number of rotatable bonds is 6. The van der Waals surface area contributed by atoms with Gasteiger partial charge < -0.3 is 22.6 Å². The molecule has 0 amide bonds. The number of nitrogens with zero attached hydrogens (tertiary/aromatic N) is 1. The zero-order chi connectivity index (χ0) is 13.8. The standard InChI is InChI=1S/C15H23N2O.ClH/c1-12(2)15(18)14(17(3,4)11-10-16)13-8-6-5-7-9-13;/h5-9,14H,1,10-11,16H2,2-4H3;1H/q+1;/p-1. The van der Waals surface area contributed by atoms with Gasteiger partial charge in [-0.2, -0.15) is 0 Å². The lowest BCUT2D eigenvalue weighted by atomic mass is 9.96. The topological polar surface area (TPSA) is 43.1 Å². The minimum atomic E-state index is -0.229. The normalized spacial score (nSPS) is 12.4. The van der Waals surface area contributed by atoms with Crippen molar-refractivity contribution in [1.29, 1.82) is 0 Å². The zero-order valence-electron chi connectivity index (χ0n) is 11.9. The number of carbonyl (C=O) groups excluding carboxylic acids is 1. The summed E-state index contributed by atoms with van der Waals surface area (Å²) in [6.07, 6.45) is 0. The monoisotopic (exact) mass is 282 g/mol. The fourth-order valence-electron chi connectivity index (χ4n) is 2.20. The molecule has 0 bridgehead atoms. The first-order chi connectivity index (χ1) is 8.40. The van der Waals surface area contributed by atoms with Crippen LogP contribution in [0.15, 0.2) is 42.5 Å². The van der Waals surface area contributed by atoms with E-state index in [1.54, 1.807) is 6.92 Å². The summed E-state index contributed by atoms with van der Waals surface area (Å²) in [6, 6.07) is 9.61. The van der Waals surface area contributed by atoms with E-state index in [9.17, 15) is 4.79 Å². The molecular formula is C15H23ClN2O. The maximum atomic E-state index is 12.4. The molecule has 0 heterocycles. The fraction of sp³-hybridized carbons (Fsp3) is 0.400. The van der Waals surface area contributed by atoms with E-state index >= 15 is 0 Å². The van der Waals surface area contributed by atoms with Crippen molar-refractivity contribution in [2.45, 2.75) is 13.0 Å². The molecule has 4 heteroatoms. The number of quaternary nitrogens is 1. The SMILES string of the molecule is C=C(C)C(=O)C(c1ccccc1)[N+](C)(C)CCN.[Cl-]. The van der Waals surface area contributed by atoms with Crippen LogP contribution in [0.2, 0.25) is 0 Å². The second-order valence-electron chi connectivity index (χ2n) is 5.25. The van der Waals surface area contributed by atoms with E-state index in [0.717, 1.165) is 12.1 Å². The van der Waals surface area contributed by atoms with Crippen LogP contribution >= 0.6 is 0 Å². The molecule has 1 aromatic rings. The maximum absolute atomic E-state index is 12.4. The number of hydrogen-bond donors (Lipinski definition) is 1. The summed E-state index contributed by atoms with van der Waals surface area (Å²) in [5.41, 5.74) is 7.26. The van der Waals surface area contributed by atoms with E-state index in [-0.39, 0.29) is 24.2 Å². The molecule has 0 aromatic heterocycles. The number of ketones is 1. The van der Waals surface area contributed by atoms with Crippen molar-refractivity contribution in [2.24, 2.45) is 5.73 Å². The van der Waals surface area contributed by atoms with Gasteiger partial charge in [-0.3, -0.25) is 4.79 Å². The third kappa shape index (κ3) is 4.46. The molecule has 0 spiro atoms. The lowest BCUT2D eigenvalue weighted by Gasteiger charge is -2.37. The van der Waals surface area contributed by atoms with Gasteiger partial charge in [0.05, 0.1) is 20.6 Å². The lowest BCUT2D eigenvalue weighted by molar-refractivity contribution is -0.910. The van der Waals surface area contributed by atoms with E-state index < -0.39 is 0 Å². The smallest absolute Gasteiger partial charge is 0.219 e. The van der Waals surface area contributed by atoms with Crippen LogP contribution in [0.25, 0.3) is 0 Å². The Morgan fingerprint density at radius 1 is 1.32 bits per heavy atom. The summed E-state index contributed by atoms with van der Waals surface area (Å²) < 4.78 is 0.548. The largest absolute Gasteiger partial charge is 1.00 e. The predicted octanol–water partition coefficient (Wildman–Crippen LogP) is -1.09. The number of benzene rings is 1. The predicted molar refractivity (Wildman–Crippen MR) is 75.0 cm³/mol. The Morgan fingerprint density at radius 2 is 1.84 bits per heavy atom. The van der Waals surface area contributed by atoms with Crippen molar-refractivity contribution in [1.82, 2.24) is 0 Å². The average Bonchev–Trinajstić information content (AvgIpc) is 2.29. The number of halogens is 1. The summed E-state index contributed by atoms with van der Waals surface area (Å²) in [4.78, 5) is 12.4. The van der Waals surface area contributed by atoms with Crippen LogP contribution in [0.1, 0.15) is 18.5 Å². The number of Topliss-reactive ketones (excluding diaryl/α,β-unsaturated/α-hetero) is 1. The highest BCUT2D eigenvalue weighted by Gasteiger charge is 2.35. The summed E-state index contributed by atoms with van der Waals surface area (Å²) >= 11 is 0. The van der Waals surface area contributed by atoms with Crippen molar-refractivity contribution in [3.05, 3.63) is 48.0 Å². The second kappa shape index (κ2) is 7.43. The van der Waals surface area contributed by atoms with Gasteiger partial charge in [0.15, 0.2) is 6.04 Å². The summed E-state index contributed by atoms with van der Waals surface area (Å²) in [6.45, 7) is 6.85. The minimum absolute atomic E-state index is 0. The first kappa shape index (κ1) is 17.8. The molecule has 0 saturated carbocycles. The molecule has 0 fully saturated rings. The Labute approximate surface area is 122 Å². The molecule has 2 N–H and O–H groups in total. The Hall–Kier alpha value is -1.16. The van der Waals surface area contributed by atoms with Gasteiger partial charge in [-0.05, 0) is 12.5 Å². The molecule has 0 radical (unpaired) electrons. The van der Waals surface area contributed by atoms with Gasteiger partial charge in [-0.15, -0.1) is 0 Å². The van der Waals surface area contributed by atoms with Crippen molar-refractivity contribution in [3.8, 4) is 0 Å². The molecule has 1 atom stereocenters. The number of hydrogen-bond acceptors (Lipinski definition) is 2. The lowest BCUT2D eigenvalue weighted by Crippen LogP contribution is -3.00. The molecule has 106 valence electrons. The van der Waals surface area contributed by atoms with Crippen molar-refractivity contribution >= 4 is 5.78 Å². The van der Waals surface area contributed by atoms with Gasteiger partial charge in [-0.25, -0.2) is 0 Å². The van der Waals surface area contributed by atoms with Crippen LogP contribution in [0, 0.1) is 0 Å². The molecule has 1 rings (SSSR count). The quantitative estimate of drug-likeness (QED) is 0.532. The minimum Gasteiger partial charge on any atom is -1.00 e. The fourth-order valence-corrected chi connectivity index (χ4v) is 2.20. The highest BCUT2D eigenvalue weighted by Crippen LogP contribution is 2.27.